The molecule has 5 nitrogen and oxygen atoms in total. The number of esters is 1. The highest BCUT2D eigenvalue weighted by molar-refractivity contribution is 5.93. The summed E-state index contributed by atoms with van der Waals surface area (Å²) in [4.78, 5) is 22.7. The van der Waals surface area contributed by atoms with E-state index in [2.05, 4.69) is 11.3 Å². The molecule has 1 aromatic heterocycles. The Morgan fingerprint density at radius 1 is 1.33 bits per heavy atom. The fourth-order valence-corrected chi connectivity index (χ4v) is 1.79. The van der Waals surface area contributed by atoms with Crippen molar-refractivity contribution in [1.82, 2.24) is 0 Å². The summed E-state index contributed by atoms with van der Waals surface area (Å²) in [6.07, 6.45) is 4.33. The molecule has 0 radical (unpaired) electrons. The van der Waals surface area contributed by atoms with Crippen molar-refractivity contribution in [2.24, 2.45) is 0 Å². The number of hydrogen-bond acceptors (Lipinski definition) is 5. The van der Waals surface area contributed by atoms with Gasteiger partial charge in [-0.15, -0.1) is 0 Å². The van der Waals surface area contributed by atoms with Crippen molar-refractivity contribution in [2.75, 3.05) is 13.7 Å². The van der Waals surface area contributed by atoms with Crippen molar-refractivity contribution in [1.29, 1.82) is 0 Å². The third-order valence-corrected chi connectivity index (χ3v) is 2.73. The molecular weight excluding hydrogens is 272 g/mol. The molecule has 0 amide bonds. The lowest BCUT2D eigenvalue weighted by Crippen LogP contribution is -2.00. The van der Waals surface area contributed by atoms with Gasteiger partial charge in [-0.1, -0.05) is 12.7 Å². The number of fused-ring (bicyclic) bond motifs is 1. The number of carbonyl (C=O) groups excluding carboxylic acids is 1. The zero-order valence-corrected chi connectivity index (χ0v) is 11.5. The van der Waals surface area contributed by atoms with Crippen molar-refractivity contribution in [2.45, 2.75) is 0 Å². The molecular formula is C16H14O5. The molecule has 0 bridgehead atoms. The number of methoxy groups -OCH3 is 1. The summed E-state index contributed by atoms with van der Waals surface area (Å²) in [5.41, 5.74) is 0.373. The lowest BCUT2D eigenvalue weighted by atomic mass is 10.1. The molecule has 0 aliphatic carbocycles. The van der Waals surface area contributed by atoms with E-state index in [9.17, 15) is 9.59 Å². The first-order valence-electron chi connectivity index (χ1n) is 6.22. The largest absolute Gasteiger partial charge is 0.489 e. The van der Waals surface area contributed by atoms with Crippen molar-refractivity contribution >= 4 is 23.0 Å². The molecule has 0 saturated carbocycles. The van der Waals surface area contributed by atoms with Gasteiger partial charge in [0, 0.05) is 17.5 Å². The van der Waals surface area contributed by atoms with Crippen LogP contribution in [-0.4, -0.2) is 19.7 Å². The highest BCUT2D eigenvalue weighted by Gasteiger charge is 2.10. The maximum absolute atomic E-state index is 11.4. The predicted octanol–water partition coefficient (Wildman–Crippen LogP) is 2.54. The van der Waals surface area contributed by atoms with Crippen LogP contribution in [0, 0.1) is 0 Å². The van der Waals surface area contributed by atoms with Gasteiger partial charge in [0.15, 0.2) is 0 Å². The van der Waals surface area contributed by atoms with E-state index in [0.29, 0.717) is 23.5 Å². The fraction of sp³-hybridized carbons (Fsp3) is 0.125. The summed E-state index contributed by atoms with van der Waals surface area (Å²) in [5.74, 6) is -0.0307. The molecule has 2 aromatic rings. The standard InChI is InChI=1S/C16H14O5/c1-3-10-20-13-7-4-11-5-8-15(18)21-16(11)12(13)6-9-14(17)19-2/h3-9H,1,10H2,2H3/b9-6+. The van der Waals surface area contributed by atoms with E-state index in [1.54, 1.807) is 24.3 Å². The van der Waals surface area contributed by atoms with E-state index >= 15 is 0 Å². The van der Waals surface area contributed by atoms with Gasteiger partial charge >= 0.3 is 11.6 Å². The normalized spacial score (nSPS) is 10.7. The first-order valence-corrected chi connectivity index (χ1v) is 6.22. The molecule has 2 rings (SSSR count). The van der Waals surface area contributed by atoms with Crippen LogP contribution in [0.4, 0.5) is 0 Å². The number of benzene rings is 1. The molecule has 0 spiro atoms. The molecule has 108 valence electrons. The van der Waals surface area contributed by atoms with Crippen molar-refractivity contribution < 1.29 is 18.7 Å². The van der Waals surface area contributed by atoms with Crippen molar-refractivity contribution in [3.8, 4) is 5.75 Å². The average Bonchev–Trinajstić information content (AvgIpc) is 2.50. The molecule has 5 heteroatoms. The van der Waals surface area contributed by atoms with Crippen LogP contribution in [0.1, 0.15) is 5.56 Å². The smallest absolute Gasteiger partial charge is 0.336 e. The van der Waals surface area contributed by atoms with E-state index in [0.717, 1.165) is 5.39 Å². The summed E-state index contributed by atoms with van der Waals surface area (Å²) in [6.45, 7) is 3.87. The van der Waals surface area contributed by atoms with Gasteiger partial charge in [-0.3, -0.25) is 0 Å². The molecule has 0 aliphatic heterocycles. The second-order valence-electron chi connectivity index (χ2n) is 4.11. The summed E-state index contributed by atoms with van der Waals surface area (Å²) in [6, 6.07) is 6.49. The molecule has 0 aliphatic rings. The molecule has 21 heavy (non-hydrogen) atoms. The maximum atomic E-state index is 11.4. The second-order valence-corrected chi connectivity index (χ2v) is 4.11. The van der Waals surface area contributed by atoms with Gasteiger partial charge in [0.05, 0.1) is 12.7 Å². The van der Waals surface area contributed by atoms with Gasteiger partial charge in [0.25, 0.3) is 0 Å². The van der Waals surface area contributed by atoms with Gasteiger partial charge < -0.3 is 13.9 Å². The van der Waals surface area contributed by atoms with Crippen LogP contribution in [0.2, 0.25) is 0 Å². The summed E-state index contributed by atoms with van der Waals surface area (Å²) in [5, 5.41) is 0.727. The minimum atomic E-state index is -0.514. The van der Waals surface area contributed by atoms with E-state index in [1.807, 2.05) is 0 Å². The minimum Gasteiger partial charge on any atom is -0.489 e. The first-order chi connectivity index (χ1) is 10.2. The molecule has 0 N–H and O–H groups in total. The quantitative estimate of drug-likeness (QED) is 0.366. The molecule has 0 fully saturated rings. The molecule has 0 atom stereocenters. The third-order valence-electron chi connectivity index (χ3n) is 2.73. The van der Waals surface area contributed by atoms with E-state index in [-0.39, 0.29) is 0 Å². The number of rotatable bonds is 5. The van der Waals surface area contributed by atoms with Crippen LogP contribution in [0.15, 0.2) is 52.2 Å². The van der Waals surface area contributed by atoms with E-state index < -0.39 is 11.6 Å². The van der Waals surface area contributed by atoms with Gasteiger partial charge in [-0.25, -0.2) is 9.59 Å². The van der Waals surface area contributed by atoms with Crippen molar-refractivity contribution in [3.63, 3.8) is 0 Å². The SMILES string of the molecule is C=CCOc1ccc2ccc(=O)oc2c1/C=C/C(=O)OC. The third kappa shape index (κ3) is 3.39. The zero-order valence-electron chi connectivity index (χ0n) is 11.5. The highest BCUT2D eigenvalue weighted by Crippen LogP contribution is 2.28. The van der Waals surface area contributed by atoms with Crippen LogP contribution in [0.25, 0.3) is 17.0 Å². The van der Waals surface area contributed by atoms with Crippen LogP contribution >= 0.6 is 0 Å². The van der Waals surface area contributed by atoms with Crippen LogP contribution < -0.4 is 10.4 Å². The first kappa shape index (κ1) is 14.6. The van der Waals surface area contributed by atoms with Gasteiger partial charge in [0.1, 0.15) is 17.9 Å². The number of carbonyl (C=O) groups is 1. The molecule has 0 saturated heterocycles. The fourth-order valence-electron chi connectivity index (χ4n) is 1.79. The van der Waals surface area contributed by atoms with E-state index in [1.165, 1.54) is 25.3 Å². The maximum Gasteiger partial charge on any atom is 0.336 e. The lowest BCUT2D eigenvalue weighted by molar-refractivity contribution is -0.134. The lowest BCUT2D eigenvalue weighted by Gasteiger charge is -2.09. The Bertz CT molecular complexity index is 755. The Balaban J connectivity index is 2.60. The summed E-state index contributed by atoms with van der Waals surface area (Å²) < 4.78 is 15.3. The molecule has 1 heterocycles. The van der Waals surface area contributed by atoms with Gasteiger partial charge in [-0.05, 0) is 24.3 Å². The predicted molar refractivity (Wildman–Crippen MR) is 79.2 cm³/mol. The van der Waals surface area contributed by atoms with Crippen LogP contribution in [0.3, 0.4) is 0 Å². The number of hydrogen-bond donors (Lipinski definition) is 0. The Morgan fingerprint density at radius 2 is 2.10 bits per heavy atom. The second kappa shape index (κ2) is 6.56. The Morgan fingerprint density at radius 3 is 2.81 bits per heavy atom. The highest BCUT2D eigenvalue weighted by atomic mass is 16.5. The van der Waals surface area contributed by atoms with Crippen LogP contribution in [-0.2, 0) is 9.53 Å². The topological polar surface area (TPSA) is 65.7 Å². The van der Waals surface area contributed by atoms with Gasteiger partial charge in [0.2, 0.25) is 0 Å². The Kier molecular flexibility index (Phi) is 4.56. The zero-order chi connectivity index (χ0) is 15.2. The Hall–Kier alpha value is -2.82. The summed E-state index contributed by atoms with van der Waals surface area (Å²) in [7, 11) is 1.28. The van der Waals surface area contributed by atoms with Crippen molar-refractivity contribution in [3.05, 3.63) is 59.0 Å². The van der Waals surface area contributed by atoms with Gasteiger partial charge in [-0.2, -0.15) is 0 Å². The van der Waals surface area contributed by atoms with E-state index in [4.69, 9.17) is 9.15 Å². The molecule has 0 unspecified atom stereocenters. The minimum absolute atomic E-state index is 0.293. The average molecular weight is 286 g/mol. The monoisotopic (exact) mass is 286 g/mol. The van der Waals surface area contributed by atoms with Crippen LogP contribution in [0.5, 0.6) is 5.75 Å². The number of ether oxygens (including phenoxy) is 2. The Labute approximate surface area is 121 Å². The molecule has 1 aromatic carbocycles. The summed E-state index contributed by atoms with van der Waals surface area (Å²) >= 11 is 0.